The van der Waals surface area contributed by atoms with Gasteiger partial charge >= 0.3 is 0 Å². The number of rotatable bonds is 3. The summed E-state index contributed by atoms with van der Waals surface area (Å²) in [5.41, 5.74) is 6.21. The first-order valence-corrected chi connectivity index (χ1v) is 8.18. The van der Waals surface area contributed by atoms with E-state index in [0.29, 0.717) is 30.2 Å². The van der Waals surface area contributed by atoms with Crippen LogP contribution in [0.2, 0.25) is 0 Å². The lowest BCUT2D eigenvalue weighted by molar-refractivity contribution is 0.367. The summed E-state index contributed by atoms with van der Waals surface area (Å²) in [6, 6.07) is 9.06. The van der Waals surface area contributed by atoms with Gasteiger partial charge in [-0.15, -0.1) is 0 Å². The zero-order valence-electron chi connectivity index (χ0n) is 14.1. The second-order valence-electron chi connectivity index (χ2n) is 6.75. The molecule has 1 atom stereocenters. The van der Waals surface area contributed by atoms with E-state index in [1.54, 1.807) is 24.3 Å². The number of piperidine rings is 1. The molecule has 1 aromatic carbocycles. The lowest BCUT2D eigenvalue weighted by Gasteiger charge is -2.39. The van der Waals surface area contributed by atoms with Crippen molar-refractivity contribution in [1.29, 1.82) is 5.26 Å². The van der Waals surface area contributed by atoms with Crippen molar-refractivity contribution < 1.29 is 4.39 Å². The van der Waals surface area contributed by atoms with Crippen LogP contribution in [0.15, 0.2) is 35.3 Å². The first-order chi connectivity index (χ1) is 11.9. The lowest BCUT2D eigenvalue weighted by Crippen LogP contribution is -2.53. The smallest absolute Gasteiger partial charge is 0.291 e. The van der Waals surface area contributed by atoms with Gasteiger partial charge in [-0.2, -0.15) is 9.65 Å². The SMILES string of the molecule is C[C@@]1(N)CCCN(c2ncc(F)c(=O)n2Cc2ccccc2C#N)C1. The van der Waals surface area contributed by atoms with Gasteiger partial charge in [0, 0.05) is 18.6 Å². The quantitative estimate of drug-likeness (QED) is 0.916. The Kier molecular flexibility index (Phi) is 4.55. The van der Waals surface area contributed by atoms with E-state index in [2.05, 4.69) is 11.1 Å². The molecular formula is C18H20FN5O. The highest BCUT2D eigenvalue weighted by Crippen LogP contribution is 2.23. The van der Waals surface area contributed by atoms with Crippen molar-refractivity contribution >= 4 is 5.95 Å². The van der Waals surface area contributed by atoms with E-state index in [4.69, 9.17) is 5.73 Å². The zero-order valence-corrected chi connectivity index (χ0v) is 14.1. The fourth-order valence-electron chi connectivity index (χ4n) is 3.23. The van der Waals surface area contributed by atoms with E-state index < -0.39 is 11.4 Å². The summed E-state index contributed by atoms with van der Waals surface area (Å²) in [6.07, 6.45) is 2.70. The van der Waals surface area contributed by atoms with Crippen molar-refractivity contribution in [3.05, 3.63) is 57.8 Å². The number of hydrogen-bond donors (Lipinski definition) is 1. The highest BCUT2D eigenvalue weighted by Gasteiger charge is 2.29. The van der Waals surface area contributed by atoms with Crippen molar-refractivity contribution in [2.45, 2.75) is 31.8 Å². The summed E-state index contributed by atoms with van der Waals surface area (Å²) >= 11 is 0. The minimum atomic E-state index is -0.911. The number of anilines is 1. The van der Waals surface area contributed by atoms with E-state index in [0.717, 1.165) is 19.0 Å². The molecule has 25 heavy (non-hydrogen) atoms. The fraction of sp³-hybridized carbons (Fsp3) is 0.389. The van der Waals surface area contributed by atoms with Crippen LogP contribution in [-0.2, 0) is 6.54 Å². The molecule has 3 rings (SSSR count). The van der Waals surface area contributed by atoms with Gasteiger partial charge in [0.25, 0.3) is 5.56 Å². The molecule has 7 heteroatoms. The summed E-state index contributed by atoms with van der Waals surface area (Å²) < 4.78 is 15.1. The van der Waals surface area contributed by atoms with Crippen molar-refractivity contribution in [1.82, 2.24) is 9.55 Å². The average molecular weight is 341 g/mol. The first kappa shape index (κ1) is 17.1. The molecule has 2 heterocycles. The van der Waals surface area contributed by atoms with Crippen LogP contribution >= 0.6 is 0 Å². The molecule has 1 aliphatic heterocycles. The van der Waals surface area contributed by atoms with Gasteiger partial charge in [0.1, 0.15) is 0 Å². The zero-order chi connectivity index (χ0) is 18.0. The number of hydrogen-bond acceptors (Lipinski definition) is 5. The Hall–Kier alpha value is -2.72. The van der Waals surface area contributed by atoms with Gasteiger partial charge in [0.05, 0.1) is 24.4 Å². The van der Waals surface area contributed by atoms with E-state index >= 15 is 0 Å². The predicted octanol–water partition coefficient (Wildman–Crippen LogP) is 1.62. The topological polar surface area (TPSA) is 87.9 Å². The van der Waals surface area contributed by atoms with Gasteiger partial charge in [-0.1, -0.05) is 18.2 Å². The molecule has 1 saturated heterocycles. The Labute approximate surface area is 145 Å². The molecule has 1 aromatic heterocycles. The summed E-state index contributed by atoms with van der Waals surface area (Å²) in [5.74, 6) is -0.527. The fourth-order valence-corrected chi connectivity index (χ4v) is 3.23. The summed E-state index contributed by atoms with van der Waals surface area (Å²) in [5, 5.41) is 9.25. The Morgan fingerprint density at radius 2 is 2.20 bits per heavy atom. The molecule has 2 N–H and O–H groups in total. The van der Waals surface area contributed by atoms with Crippen LogP contribution in [0.25, 0.3) is 0 Å². The van der Waals surface area contributed by atoms with Gasteiger partial charge < -0.3 is 10.6 Å². The van der Waals surface area contributed by atoms with Gasteiger partial charge in [-0.25, -0.2) is 4.98 Å². The maximum absolute atomic E-state index is 13.9. The van der Waals surface area contributed by atoms with Crippen molar-refractivity contribution in [3.63, 3.8) is 0 Å². The average Bonchev–Trinajstić information content (AvgIpc) is 2.58. The summed E-state index contributed by atoms with van der Waals surface area (Å²) in [4.78, 5) is 18.5. The van der Waals surface area contributed by atoms with Crippen LogP contribution in [0.4, 0.5) is 10.3 Å². The highest BCUT2D eigenvalue weighted by molar-refractivity contribution is 5.40. The number of nitrogens with two attached hydrogens (primary N) is 1. The van der Waals surface area contributed by atoms with Crippen molar-refractivity contribution in [2.75, 3.05) is 18.0 Å². The van der Waals surface area contributed by atoms with E-state index in [1.807, 2.05) is 11.8 Å². The molecular weight excluding hydrogens is 321 g/mol. The minimum absolute atomic E-state index is 0.0838. The third-order valence-corrected chi connectivity index (χ3v) is 4.46. The largest absolute Gasteiger partial charge is 0.340 e. The Morgan fingerprint density at radius 3 is 2.92 bits per heavy atom. The Bertz CT molecular complexity index is 884. The molecule has 2 aromatic rings. The Morgan fingerprint density at radius 1 is 1.44 bits per heavy atom. The van der Waals surface area contributed by atoms with Crippen LogP contribution in [0.3, 0.4) is 0 Å². The maximum Gasteiger partial charge on any atom is 0.291 e. The highest BCUT2D eigenvalue weighted by atomic mass is 19.1. The van der Waals surface area contributed by atoms with Crippen LogP contribution in [0.1, 0.15) is 30.9 Å². The summed E-state index contributed by atoms with van der Waals surface area (Å²) in [6.45, 7) is 3.27. The van der Waals surface area contributed by atoms with E-state index in [9.17, 15) is 14.4 Å². The molecule has 0 radical (unpaired) electrons. The minimum Gasteiger partial charge on any atom is -0.340 e. The van der Waals surface area contributed by atoms with E-state index in [-0.39, 0.29) is 12.1 Å². The number of aromatic nitrogens is 2. The first-order valence-electron chi connectivity index (χ1n) is 8.18. The van der Waals surface area contributed by atoms with Crippen molar-refractivity contribution in [2.24, 2.45) is 5.73 Å². The molecule has 0 spiro atoms. The van der Waals surface area contributed by atoms with Crippen LogP contribution in [0, 0.1) is 17.1 Å². The van der Waals surface area contributed by atoms with Crippen LogP contribution in [-0.4, -0.2) is 28.2 Å². The second-order valence-corrected chi connectivity index (χ2v) is 6.75. The molecule has 1 aliphatic rings. The number of benzene rings is 1. The monoisotopic (exact) mass is 341 g/mol. The normalized spacial score (nSPS) is 20.3. The molecule has 1 fully saturated rings. The van der Waals surface area contributed by atoms with Gasteiger partial charge in [0.2, 0.25) is 11.8 Å². The standard InChI is InChI=1S/C18H20FN5O/c1-18(21)7-4-8-23(12-18)17-22-10-15(19)16(25)24(17)11-14-6-3-2-5-13(14)9-20/h2-3,5-6,10H,4,7-8,11-12,21H2,1H3/t18-/m1/s1. The van der Waals surface area contributed by atoms with Gasteiger partial charge in [0.15, 0.2) is 0 Å². The number of nitriles is 1. The van der Waals surface area contributed by atoms with Crippen LogP contribution < -0.4 is 16.2 Å². The number of halogens is 1. The number of nitrogens with zero attached hydrogens (tertiary/aromatic N) is 4. The summed E-state index contributed by atoms with van der Waals surface area (Å²) in [7, 11) is 0. The molecule has 6 nitrogen and oxygen atoms in total. The van der Waals surface area contributed by atoms with Gasteiger partial charge in [-0.05, 0) is 31.4 Å². The van der Waals surface area contributed by atoms with E-state index in [1.165, 1.54) is 4.57 Å². The second kappa shape index (κ2) is 6.65. The molecule has 0 amide bonds. The molecule has 0 aliphatic carbocycles. The van der Waals surface area contributed by atoms with Crippen LogP contribution in [0.5, 0.6) is 0 Å². The maximum atomic E-state index is 13.9. The molecule has 0 unspecified atom stereocenters. The Balaban J connectivity index is 2.05. The molecule has 0 bridgehead atoms. The predicted molar refractivity (Wildman–Crippen MR) is 92.8 cm³/mol. The third-order valence-electron chi connectivity index (χ3n) is 4.46. The molecule has 130 valence electrons. The van der Waals surface area contributed by atoms with Gasteiger partial charge in [-0.3, -0.25) is 9.36 Å². The third kappa shape index (κ3) is 3.54. The molecule has 0 saturated carbocycles. The van der Waals surface area contributed by atoms with Crippen molar-refractivity contribution in [3.8, 4) is 6.07 Å². The lowest BCUT2D eigenvalue weighted by atomic mass is 9.93.